The van der Waals surface area contributed by atoms with Gasteiger partial charge in [-0.1, -0.05) is 36.4 Å². The molecule has 134 valence electrons. The number of ether oxygens (including phenoxy) is 2. The molecule has 4 heteroatoms. The minimum Gasteiger partial charge on any atom is -0.431 e. The van der Waals surface area contributed by atoms with Gasteiger partial charge in [0.1, 0.15) is 0 Å². The van der Waals surface area contributed by atoms with E-state index in [1.54, 1.807) is 48.5 Å². The summed E-state index contributed by atoms with van der Waals surface area (Å²) < 4.78 is 10.1. The van der Waals surface area contributed by atoms with Gasteiger partial charge in [-0.3, -0.25) is 0 Å². The van der Waals surface area contributed by atoms with Crippen LogP contribution in [-0.4, -0.2) is 11.9 Å². The van der Waals surface area contributed by atoms with E-state index in [0.29, 0.717) is 11.1 Å². The predicted octanol–water partition coefficient (Wildman–Crippen LogP) is 5.29. The lowest BCUT2D eigenvalue weighted by Gasteiger charge is -1.99. The van der Waals surface area contributed by atoms with E-state index in [2.05, 4.69) is 0 Å². The number of benzene rings is 2. The van der Waals surface area contributed by atoms with Crippen molar-refractivity contribution in [1.29, 1.82) is 0 Å². The van der Waals surface area contributed by atoms with Gasteiger partial charge in [-0.2, -0.15) is 0 Å². The van der Waals surface area contributed by atoms with Gasteiger partial charge in [0, 0.05) is 0 Å². The maximum absolute atomic E-state index is 11.7. The highest BCUT2D eigenvalue weighted by molar-refractivity contribution is 5.90. The highest BCUT2D eigenvalue weighted by atomic mass is 16.5. The van der Waals surface area contributed by atoms with E-state index >= 15 is 0 Å². The number of esters is 2. The highest BCUT2D eigenvalue weighted by Crippen LogP contribution is 2.05. The Labute approximate surface area is 153 Å². The van der Waals surface area contributed by atoms with Crippen LogP contribution in [0.4, 0.5) is 0 Å². The summed E-state index contributed by atoms with van der Waals surface area (Å²) in [5.41, 5.74) is 1.07. The molecule has 0 N–H and O–H groups in total. The summed E-state index contributed by atoms with van der Waals surface area (Å²) in [6.07, 6.45) is 10.1. The number of rotatable bonds is 9. The fourth-order valence-electron chi connectivity index (χ4n) is 2.16. The van der Waals surface area contributed by atoms with Crippen LogP contribution in [0.2, 0.25) is 0 Å². The standard InChI is InChI=1S/C22H22O4/c23-21(19-13-7-5-8-14-19)25-17-11-3-1-2-4-12-18-26-22(24)20-15-9-6-10-16-20/h5-18H,1-4H2/b17-11-,18-12-. The van der Waals surface area contributed by atoms with Crippen molar-refractivity contribution in [3.05, 3.63) is 96.5 Å². The predicted molar refractivity (Wildman–Crippen MR) is 100 cm³/mol. The van der Waals surface area contributed by atoms with Crippen molar-refractivity contribution in [2.45, 2.75) is 25.7 Å². The Morgan fingerprint density at radius 1 is 0.654 bits per heavy atom. The summed E-state index contributed by atoms with van der Waals surface area (Å²) in [7, 11) is 0. The molecule has 0 unspecified atom stereocenters. The third-order valence-corrected chi connectivity index (χ3v) is 3.55. The smallest absolute Gasteiger partial charge is 0.342 e. The Morgan fingerprint density at radius 3 is 1.42 bits per heavy atom. The molecule has 0 aliphatic rings. The Balaban J connectivity index is 1.52. The van der Waals surface area contributed by atoms with Crippen molar-refractivity contribution in [2.24, 2.45) is 0 Å². The number of allylic oxidation sites excluding steroid dienone is 2. The molecular formula is C22H22O4. The molecule has 2 rings (SSSR count). The van der Waals surface area contributed by atoms with Gasteiger partial charge >= 0.3 is 11.9 Å². The summed E-state index contributed by atoms with van der Waals surface area (Å²) >= 11 is 0. The van der Waals surface area contributed by atoms with Crippen molar-refractivity contribution in [3.8, 4) is 0 Å². The molecule has 0 amide bonds. The van der Waals surface area contributed by atoms with Crippen LogP contribution >= 0.6 is 0 Å². The molecule has 0 aliphatic carbocycles. The van der Waals surface area contributed by atoms with Gasteiger partial charge in [0.25, 0.3) is 0 Å². The molecule has 0 aromatic heterocycles. The minimum atomic E-state index is -0.356. The monoisotopic (exact) mass is 350 g/mol. The van der Waals surface area contributed by atoms with Crippen LogP contribution in [-0.2, 0) is 9.47 Å². The van der Waals surface area contributed by atoms with Crippen molar-refractivity contribution in [1.82, 2.24) is 0 Å². The van der Waals surface area contributed by atoms with Crippen molar-refractivity contribution in [3.63, 3.8) is 0 Å². The third kappa shape index (κ3) is 7.18. The molecule has 2 aromatic carbocycles. The zero-order chi connectivity index (χ0) is 18.5. The number of hydrogen-bond acceptors (Lipinski definition) is 4. The second-order valence-corrected chi connectivity index (χ2v) is 5.57. The van der Waals surface area contributed by atoms with E-state index in [0.717, 1.165) is 25.7 Å². The summed E-state index contributed by atoms with van der Waals surface area (Å²) in [4.78, 5) is 23.4. The molecule has 0 fully saturated rings. The molecule has 0 aliphatic heterocycles. The number of carbonyl (C=O) groups is 2. The maximum atomic E-state index is 11.7. The second kappa shape index (κ2) is 11.4. The molecule has 0 spiro atoms. The first-order valence-electron chi connectivity index (χ1n) is 8.59. The van der Waals surface area contributed by atoms with Gasteiger partial charge in [0.2, 0.25) is 0 Å². The van der Waals surface area contributed by atoms with E-state index in [4.69, 9.17) is 9.47 Å². The molecule has 26 heavy (non-hydrogen) atoms. The highest BCUT2D eigenvalue weighted by Gasteiger charge is 2.03. The van der Waals surface area contributed by atoms with Crippen LogP contribution in [0, 0.1) is 0 Å². The Bertz CT molecular complexity index is 668. The number of unbranched alkanes of at least 4 members (excludes halogenated alkanes) is 3. The number of carbonyl (C=O) groups excluding carboxylic acids is 2. The molecular weight excluding hydrogens is 328 g/mol. The zero-order valence-corrected chi connectivity index (χ0v) is 14.5. The van der Waals surface area contributed by atoms with Crippen molar-refractivity contribution < 1.29 is 19.1 Å². The lowest BCUT2D eigenvalue weighted by atomic mass is 10.2. The van der Waals surface area contributed by atoms with Crippen LogP contribution < -0.4 is 0 Å². The SMILES string of the molecule is O=C(O/C=C\CCCC/C=C\OC(=O)c1ccccc1)c1ccccc1. The van der Waals surface area contributed by atoms with Gasteiger partial charge in [-0.25, -0.2) is 9.59 Å². The molecule has 2 aromatic rings. The molecule has 0 radical (unpaired) electrons. The average molecular weight is 350 g/mol. The first-order chi connectivity index (χ1) is 12.8. The molecule has 0 heterocycles. The number of hydrogen-bond donors (Lipinski definition) is 0. The van der Waals surface area contributed by atoms with Crippen molar-refractivity contribution >= 4 is 11.9 Å². The largest absolute Gasteiger partial charge is 0.431 e. The Hall–Kier alpha value is -3.14. The van der Waals surface area contributed by atoms with E-state index < -0.39 is 0 Å². The van der Waals surface area contributed by atoms with Crippen LogP contribution in [0.25, 0.3) is 0 Å². The fraction of sp³-hybridized carbons (Fsp3) is 0.182. The first-order valence-corrected chi connectivity index (χ1v) is 8.59. The van der Waals surface area contributed by atoms with E-state index in [-0.39, 0.29) is 11.9 Å². The Morgan fingerprint density at radius 2 is 1.04 bits per heavy atom. The van der Waals surface area contributed by atoms with E-state index in [9.17, 15) is 9.59 Å². The van der Waals surface area contributed by atoms with Crippen LogP contribution in [0.1, 0.15) is 46.4 Å². The molecule has 0 atom stereocenters. The van der Waals surface area contributed by atoms with Crippen LogP contribution in [0.15, 0.2) is 85.3 Å². The topological polar surface area (TPSA) is 52.6 Å². The van der Waals surface area contributed by atoms with Gasteiger partial charge in [-0.15, -0.1) is 0 Å². The quantitative estimate of drug-likeness (QED) is 0.350. The van der Waals surface area contributed by atoms with E-state index in [1.165, 1.54) is 12.5 Å². The van der Waals surface area contributed by atoms with Crippen LogP contribution in [0.5, 0.6) is 0 Å². The maximum Gasteiger partial charge on any atom is 0.342 e. The molecule has 0 saturated carbocycles. The fourth-order valence-corrected chi connectivity index (χ4v) is 2.16. The van der Waals surface area contributed by atoms with Gasteiger partial charge in [0.15, 0.2) is 0 Å². The van der Waals surface area contributed by atoms with Gasteiger partial charge in [0.05, 0.1) is 23.7 Å². The van der Waals surface area contributed by atoms with Gasteiger partial charge in [-0.05, 0) is 62.1 Å². The average Bonchev–Trinajstić information content (AvgIpc) is 2.70. The summed E-state index contributed by atoms with van der Waals surface area (Å²) in [5, 5.41) is 0. The summed E-state index contributed by atoms with van der Waals surface area (Å²) in [6, 6.07) is 17.7. The second-order valence-electron chi connectivity index (χ2n) is 5.57. The van der Waals surface area contributed by atoms with Crippen LogP contribution in [0.3, 0.4) is 0 Å². The third-order valence-electron chi connectivity index (χ3n) is 3.55. The first kappa shape index (κ1) is 19.2. The van der Waals surface area contributed by atoms with E-state index in [1.807, 2.05) is 24.3 Å². The molecule has 0 bridgehead atoms. The molecule has 0 saturated heterocycles. The summed E-state index contributed by atoms with van der Waals surface area (Å²) in [6.45, 7) is 0. The summed E-state index contributed by atoms with van der Waals surface area (Å²) in [5.74, 6) is -0.713. The zero-order valence-electron chi connectivity index (χ0n) is 14.5. The van der Waals surface area contributed by atoms with Crippen molar-refractivity contribution in [2.75, 3.05) is 0 Å². The Kier molecular flexibility index (Phi) is 8.43. The minimum absolute atomic E-state index is 0.356. The van der Waals surface area contributed by atoms with Gasteiger partial charge < -0.3 is 9.47 Å². The lowest BCUT2D eigenvalue weighted by molar-refractivity contribution is 0.0652. The normalized spacial score (nSPS) is 10.9. The lowest BCUT2D eigenvalue weighted by Crippen LogP contribution is -1.99. The molecule has 4 nitrogen and oxygen atoms in total.